The predicted molar refractivity (Wildman–Crippen MR) is 72.6 cm³/mol. The highest BCUT2D eigenvalue weighted by atomic mass is 32.1. The normalized spacial score (nSPS) is 22.2. The number of hydrogen-bond donors (Lipinski definition) is 1. The average molecular weight is 238 g/mol. The topological polar surface area (TPSA) is 15.3 Å². The molecule has 1 saturated heterocycles. The van der Waals surface area contributed by atoms with Crippen molar-refractivity contribution in [2.24, 2.45) is 0 Å². The van der Waals surface area contributed by atoms with Gasteiger partial charge in [-0.3, -0.25) is 0 Å². The van der Waals surface area contributed by atoms with Crippen LogP contribution in [0.1, 0.15) is 32.3 Å². The lowest BCUT2D eigenvalue weighted by atomic mass is 9.75. The van der Waals surface area contributed by atoms with Crippen molar-refractivity contribution in [1.29, 1.82) is 0 Å². The Kier molecular flexibility index (Phi) is 3.55. The molecule has 0 aromatic carbocycles. The number of anilines is 1. The van der Waals surface area contributed by atoms with E-state index >= 15 is 0 Å². The number of hydrogen-bond acceptors (Lipinski definition) is 3. The minimum Gasteiger partial charge on any atom is -0.383 e. The maximum absolute atomic E-state index is 3.55. The summed E-state index contributed by atoms with van der Waals surface area (Å²) in [7, 11) is 2.23. The molecule has 0 unspecified atom stereocenters. The highest BCUT2D eigenvalue weighted by Gasteiger charge is 2.41. The Morgan fingerprint density at radius 1 is 1.25 bits per heavy atom. The molecular weight excluding hydrogens is 216 g/mol. The first kappa shape index (κ1) is 11.9. The second-order valence-corrected chi connectivity index (χ2v) is 5.38. The molecule has 1 aromatic rings. The summed E-state index contributed by atoms with van der Waals surface area (Å²) < 4.78 is 0. The fraction of sp³-hybridized carbons (Fsp3) is 0.692. The summed E-state index contributed by atoms with van der Waals surface area (Å²) in [5.41, 5.74) is 3.47. The molecule has 3 rings (SSSR count). The molecule has 1 N–H and O–H groups in total. The molecule has 1 aromatic heterocycles. The van der Waals surface area contributed by atoms with E-state index in [-0.39, 0.29) is 0 Å². The Balaban J connectivity index is 0.000000457. The van der Waals surface area contributed by atoms with Crippen molar-refractivity contribution in [3.05, 3.63) is 16.3 Å². The average Bonchev–Trinajstić information content (AvgIpc) is 2.90. The molecule has 1 fully saturated rings. The van der Waals surface area contributed by atoms with E-state index in [1.165, 1.54) is 38.2 Å². The standard InChI is InChI=1S/C11H16N2S.C2H6/c1-13-4-2-11(3-5-13)8-12-10-7-14-6-9(10)11;1-2/h6-7,12H,2-5,8H2,1H3;1-2H3. The van der Waals surface area contributed by atoms with Crippen LogP contribution in [0.25, 0.3) is 0 Å². The van der Waals surface area contributed by atoms with Crippen molar-refractivity contribution in [2.75, 3.05) is 32.0 Å². The molecule has 16 heavy (non-hydrogen) atoms. The van der Waals surface area contributed by atoms with Gasteiger partial charge in [0.05, 0.1) is 0 Å². The third kappa shape index (κ3) is 1.87. The van der Waals surface area contributed by atoms with Gasteiger partial charge >= 0.3 is 0 Å². The first-order chi connectivity index (χ1) is 7.80. The zero-order valence-electron chi connectivity index (χ0n) is 10.5. The Hall–Kier alpha value is -0.540. The monoisotopic (exact) mass is 238 g/mol. The van der Waals surface area contributed by atoms with Gasteiger partial charge in [0.25, 0.3) is 0 Å². The fourth-order valence-corrected chi connectivity index (χ4v) is 3.62. The minimum atomic E-state index is 0.474. The molecule has 2 aliphatic rings. The molecule has 2 nitrogen and oxygen atoms in total. The number of thiophene rings is 1. The zero-order valence-corrected chi connectivity index (χ0v) is 11.4. The summed E-state index contributed by atoms with van der Waals surface area (Å²) in [5.74, 6) is 0. The number of fused-ring (bicyclic) bond motifs is 2. The second kappa shape index (κ2) is 4.76. The smallest absolute Gasteiger partial charge is 0.0488 e. The SMILES string of the molecule is CC.CN1CCC2(CC1)CNc1cscc12. The molecule has 2 aliphatic heterocycles. The molecule has 0 aliphatic carbocycles. The van der Waals surface area contributed by atoms with E-state index in [1.54, 1.807) is 5.56 Å². The largest absolute Gasteiger partial charge is 0.383 e. The highest BCUT2D eigenvalue weighted by molar-refractivity contribution is 7.08. The Morgan fingerprint density at radius 3 is 2.62 bits per heavy atom. The van der Waals surface area contributed by atoms with Crippen LogP contribution in [-0.4, -0.2) is 31.6 Å². The van der Waals surface area contributed by atoms with Crippen LogP contribution >= 0.6 is 11.3 Å². The van der Waals surface area contributed by atoms with Crippen LogP contribution in [0.4, 0.5) is 5.69 Å². The van der Waals surface area contributed by atoms with Gasteiger partial charge in [-0.2, -0.15) is 0 Å². The van der Waals surface area contributed by atoms with Gasteiger partial charge in [-0.15, -0.1) is 11.3 Å². The Bertz CT molecular complexity index is 337. The van der Waals surface area contributed by atoms with Crippen molar-refractivity contribution >= 4 is 17.0 Å². The lowest BCUT2D eigenvalue weighted by Crippen LogP contribution is -2.41. The molecule has 3 heteroatoms. The Morgan fingerprint density at radius 2 is 1.94 bits per heavy atom. The van der Waals surface area contributed by atoms with Gasteiger partial charge < -0.3 is 10.2 Å². The molecule has 0 bridgehead atoms. The van der Waals surface area contributed by atoms with Gasteiger partial charge in [0, 0.05) is 23.0 Å². The molecule has 0 radical (unpaired) electrons. The van der Waals surface area contributed by atoms with Crippen LogP contribution in [0.5, 0.6) is 0 Å². The van der Waals surface area contributed by atoms with Gasteiger partial charge in [0.15, 0.2) is 0 Å². The summed E-state index contributed by atoms with van der Waals surface area (Å²) in [5, 5.41) is 8.15. The van der Waals surface area contributed by atoms with E-state index in [0.717, 1.165) is 0 Å². The van der Waals surface area contributed by atoms with Crippen molar-refractivity contribution in [3.63, 3.8) is 0 Å². The molecule has 3 heterocycles. The lowest BCUT2D eigenvalue weighted by molar-refractivity contribution is 0.200. The Labute approximate surface area is 103 Å². The predicted octanol–water partition coefficient (Wildman–Crippen LogP) is 3.16. The van der Waals surface area contributed by atoms with Gasteiger partial charge in [-0.05, 0) is 43.9 Å². The quantitative estimate of drug-likeness (QED) is 0.747. The fourth-order valence-electron chi connectivity index (χ4n) is 2.70. The molecule has 0 amide bonds. The van der Waals surface area contributed by atoms with Gasteiger partial charge in [-0.1, -0.05) is 13.8 Å². The number of nitrogens with one attached hydrogen (secondary N) is 1. The molecule has 0 saturated carbocycles. The van der Waals surface area contributed by atoms with Crippen molar-refractivity contribution in [3.8, 4) is 0 Å². The summed E-state index contributed by atoms with van der Waals surface area (Å²) in [6.07, 6.45) is 2.64. The third-order valence-corrected chi connectivity index (χ3v) is 4.54. The number of likely N-dealkylation sites (tertiary alicyclic amines) is 1. The van der Waals surface area contributed by atoms with Crippen LogP contribution in [0.2, 0.25) is 0 Å². The van der Waals surface area contributed by atoms with E-state index in [2.05, 4.69) is 28.0 Å². The minimum absolute atomic E-state index is 0.474. The van der Waals surface area contributed by atoms with Crippen LogP contribution in [0.15, 0.2) is 10.8 Å². The molecule has 0 atom stereocenters. The van der Waals surface area contributed by atoms with Gasteiger partial charge in [-0.25, -0.2) is 0 Å². The molecular formula is C13H22N2S. The van der Waals surface area contributed by atoms with Crippen LogP contribution in [0.3, 0.4) is 0 Å². The number of nitrogens with zero attached hydrogens (tertiary/aromatic N) is 1. The van der Waals surface area contributed by atoms with Gasteiger partial charge in [0.1, 0.15) is 0 Å². The highest BCUT2D eigenvalue weighted by Crippen LogP contribution is 2.45. The van der Waals surface area contributed by atoms with Crippen molar-refractivity contribution in [2.45, 2.75) is 32.1 Å². The summed E-state index contributed by atoms with van der Waals surface area (Å²) >= 11 is 1.83. The van der Waals surface area contributed by atoms with E-state index in [4.69, 9.17) is 0 Å². The van der Waals surface area contributed by atoms with Gasteiger partial charge in [0.2, 0.25) is 0 Å². The molecule has 1 spiro atoms. The van der Waals surface area contributed by atoms with E-state index < -0.39 is 0 Å². The first-order valence-corrected chi connectivity index (χ1v) is 7.24. The van der Waals surface area contributed by atoms with Crippen molar-refractivity contribution in [1.82, 2.24) is 4.90 Å². The van der Waals surface area contributed by atoms with E-state index in [1.807, 2.05) is 25.2 Å². The number of piperidine rings is 1. The maximum atomic E-state index is 3.55. The number of rotatable bonds is 0. The van der Waals surface area contributed by atoms with E-state index in [9.17, 15) is 0 Å². The maximum Gasteiger partial charge on any atom is 0.0488 e. The van der Waals surface area contributed by atoms with Crippen LogP contribution in [-0.2, 0) is 5.41 Å². The third-order valence-electron chi connectivity index (χ3n) is 3.79. The summed E-state index contributed by atoms with van der Waals surface area (Å²) in [6.45, 7) is 7.66. The van der Waals surface area contributed by atoms with Crippen molar-refractivity contribution < 1.29 is 0 Å². The summed E-state index contributed by atoms with van der Waals surface area (Å²) in [4.78, 5) is 2.44. The molecule has 90 valence electrons. The van der Waals surface area contributed by atoms with E-state index in [0.29, 0.717) is 5.41 Å². The second-order valence-electron chi connectivity index (χ2n) is 4.64. The van der Waals surface area contributed by atoms with Crippen LogP contribution < -0.4 is 5.32 Å². The zero-order chi connectivity index (χ0) is 11.6. The lowest BCUT2D eigenvalue weighted by Gasteiger charge is -2.37. The van der Waals surface area contributed by atoms with Crippen LogP contribution in [0, 0.1) is 0 Å². The first-order valence-electron chi connectivity index (χ1n) is 6.29. The summed E-state index contributed by atoms with van der Waals surface area (Å²) in [6, 6.07) is 0.